The molecule has 0 aliphatic rings. The molecule has 0 aromatic rings. The molecule has 0 aromatic heterocycles. The predicted octanol–water partition coefficient (Wildman–Crippen LogP) is 2.67. The lowest BCUT2D eigenvalue weighted by Gasteiger charge is -2.16. The van der Waals surface area contributed by atoms with E-state index >= 15 is 0 Å². The molecule has 0 aliphatic carbocycles. The third-order valence-electron chi connectivity index (χ3n) is 0.473. The van der Waals surface area contributed by atoms with E-state index in [4.69, 9.17) is 4.74 Å². The van der Waals surface area contributed by atoms with E-state index in [2.05, 4.69) is 15.9 Å². The first-order chi connectivity index (χ1) is 3.56. The van der Waals surface area contributed by atoms with Crippen molar-refractivity contribution in [2.75, 3.05) is 0 Å². The minimum Gasteiger partial charge on any atom is -0.495 e. The molecule has 0 aromatic carbocycles. The molecule has 0 fully saturated rings. The van der Waals surface area contributed by atoms with E-state index in [1.54, 1.807) is 11.2 Å². The van der Waals surface area contributed by atoms with Crippen molar-refractivity contribution in [3.8, 4) is 0 Å². The SMILES string of the molecule is CC(C)(C)O/C=C\Br. The topological polar surface area (TPSA) is 9.23 Å². The molecule has 0 N–H and O–H groups in total. The van der Waals surface area contributed by atoms with Gasteiger partial charge in [-0.25, -0.2) is 0 Å². The van der Waals surface area contributed by atoms with Gasteiger partial charge in [-0.3, -0.25) is 0 Å². The van der Waals surface area contributed by atoms with Crippen molar-refractivity contribution >= 4 is 15.9 Å². The Morgan fingerprint density at radius 2 is 1.88 bits per heavy atom. The molecular weight excluding hydrogens is 168 g/mol. The molecule has 0 saturated carbocycles. The standard InChI is InChI=1S/C6H11BrO/c1-6(2,3)8-5-4-7/h4-5H,1-3H3/b5-4-. The third kappa shape index (κ3) is 6.02. The highest BCUT2D eigenvalue weighted by atomic mass is 79.9. The molecule has 0 heterocycles. The normalized spacial score (nSPS) is 12.5. The summed E-state index contributed by atoms with van der Waals surface area (Å²) < 4.78 is 5.15. The van der Waals surface area contributed by atoms with Crippen LogP contribution in [0.1, 0.15) is 20.8 Å². The largest absolute Gasteiger partial charge is 0.495 e. The van der Waals surface area contributed by atoms with Gasteiger partial charge < -0.3 is 4.74 Å². The van der Waals surface area contributed by atoms with E-state index in [9.17, 15) is 0 Å². The van der Waals surface area contributed by atoms with Crippen LogP contribution in [0.15, 0.2) is 11.2 Å². The summed E-state index contributed by atoms with van der Waals surface area (Å²) in [4.78, 5) is 1.69. The molecule has 48 valence electrons. The smallest absolute Gasteiger partial charge is 0.0998 e. The number of hydrogen-bond donors (Lipinski definition) is 0. The molecule has 0 rings (SSSR count). The Morgan fingerprint density at radius 3 is 2.00 bits per heavy atom. The number of rotatable bonds is 1. The summed E-state index contributed by atoms with van der Waals surface area (Å²) in [5, 5.41) is 0. The summed E-state index contributed by atoms with van der Waals surface area (Å²) >= 11 is 3.10. The van der Waals surface area contributed by atoms with Gasteiger partial charge in [0.05, 0.1) is 11.9 Å². The van der Waals surface area contributed by atoms with Gasteiger partial charge >= 0.3 is 0 Å². The van der Waals surface area contributed by atoms with Crippen LogP contribution < -0.4 is 0 Å². The molecule has 0 aliphatic heterocycles. The summed E-state index contributed by atoms with van der Waals surface area (Å²) in [5.41, 5.74) is -0.0652. The Morgan fingerprint density at radius 1 is 1.38 bits per heavy atom. The number of ether oxygens (including phenoxy) is 1. The van der Waals surface area contributed by atoms with Crippen molar-refractivity contribution < 1.29 is 4.74 Å². The van der Waals surface area contributed by atoms with Gasteiger partial charge in [0.15, 0.2) is 0 Å². The molecule has 0 spiro atoms. The minimum atomic E-state index is -0.0652. The predicted molar refractivity (Wildman–Crippen MR) is 38.9 cm³/mol. The molecular formula is C6H11BrO. The summed E-state index contributed by atoms with van der Waals surface area (Å²) in [6, 6.07) is 0. The Kier molecular flexibility index (Phi) is 3.13. The van der Waals surface area contributed by atoms with E-state index in [-0.39, 0.29) is 5.60 Å². The van der Waals surface area contributed by atoms with Crippen molar-refractivity contribution in [1.29, 1.82) is 0 Å². The van der Waals surface area contributed by atoms with Crippen molar-refractivity contribution in [2.24, 2.45) is 0 Å². The first-order valence-electron chi connectivity index (χ1n) is 2.49. The second-order valence-electron chi connectivity index (χ2n) is 2.49. The zero-order valence-corrected chi connectivity index (χ0v) is 7.03. The average Bonchev–Trinajstić information content (AvgIpc) is 1.59. The summed E-state index contributed by atoms with van der Waals surface area (Å²) in [6.07, 6.45) is 1.62. The molecule has 0 saturated heterocycles. The van der Waals surface area contributed by atoms with Gasteiger partial charge in [0.25, 0.3) is 0 Å². The number of halogens is 1. The fourth-order valence-corrected chi connectivity index (χ4v) is 0.338. The first-order valence-corrected chi connectivity index (χ1v) is 3.41. The second-order valence-corrected chi connectivity index (χ2v) is 3.02. The maximum absolute atomic E-state index is 5.15. The second kappa shape index (κ2) is 3.13. The molecule has 1 nitrogen and oxygen atoms in total. The summed E-state index contributed by atoms with van der Waals surface area (Å²) in [6.45, 7) is 6.00. The van der Waals surface area contributed by atoms with Gasteiger partial charge in [-0.1, -0.05) is 15.9 Å². The Hall–Kier alpha value is 0.0200. The highest BCUT2D eigenvalue weighted by molar-refractivity contribution is 9.11. The summed E-state index contributed by atoms with van der Waals surface area (Å²) in [7, 11) is 0. The van der Waals surface area contributed by atoms with E-state index in [0.29, 0.717) is 0 Å². The molecule has 0 atom stereocenters. The third-order valence-corrected chi connectivity index (χ3v) is 0.689. The van der Waals surface area contributed by atoms with Crippen LogP contribution in [0.5, 0.6) is 0 Å². The highest BCUT2D eigenvalue weighted by Crippen LogP contribution is 2.06. The van der Waals surface area contributed by atoms with E-state index < -0.39 is 0 Å². The van der Waals surface area contributed by atoms with Crippen LogP contribution in [0, 0.1) is 0 Å². The van der Waals surface area contributed by atoms with Crippen LogP contribution in [0.4, 0.5) is 0 Å². The van der Waals surface area contributed by atoms with Gasteiger partial charge in [0.1, 0.15) is 0 Å². The van der Waals surface area contributed by atoms with Crippen LogP contribution in [0.3, 0.4) is 0 Å². The first kappa shape index (κ1) is 8.02. The van der Waals surface area contributed by atoms with E-state index in [1.807, 2.05) is 20.8 Å². The highest BCUT2D eigenvalue weighted by Gasteiger charge is 2.06. The van der Waals surface area contributed by atoms with E-state index in [0.717, 1.165) is 0 Å². The lowest BCUT2D eigenvalue weighted by atomic mass is 10.2. The van der Waals surface area contributed by atoms with Crippen molar-refractivity contribution in [3.63, 3.8) is 0 Å². The molecule has 8 heavy (non-hydrogen) atoms. The fraction of sp³-hybridized carbons (Fsp3) is 0.667. The van der Waals surface area contributed by atoms with Crippen LogP contribution in [0.2, 0.25) is 0 Å². The molecule has 0 radical (unpaired) electrons. The van der Waals surface area contributed by atoms with Gasteiger partial charge in [-0.05, 0) is 20.8 Å². The molecule has 0 bridgehead atoms. The maximum Gasteiger partial charge on any atom is 0.0998 e. The Labute approximate surface area is 58.9 Å². The van der Waals surface area contributed by atoms with Crippen LogP contribution >= 0.6 is 15.9 Å². The van der Waals surface area contributed by atoms with Crippen LogP contribution in [0.25, 0.3) is 0 Å². The molecule has 2 heteroatoms. The molecule has 0 amide bonds. The quantitative estimate of drug-likeness (QED) is 0.562. The van der Waals surface area contributed by atoms with Gasteiger partial charge in [-0.2, -0.15) is 0 Å². The lowest BCUT2D eigenvalue weighted by Crippen LogP contribution is -2.14. The van der Waals surface area contributed by atoms with Crippen molar-refractivity contribution in [2.45, 2.75) is 26.4 Å². The lowest BCUT2D eigenvalue weighted by molar-refractivity contribution is 0.0772. The van der Waals surface area contributed by atoms with Crippen molar-refractivity contribution in [3.05, 3.63) is 11.2 Å². The van der Waals surface area contributed by atoms with Gasteiger partial charge in [-0.15, -0.1) is 0 Å². The summed E-state index contributed by atoms with van der Waals surface area (Å²) in [5.74, 6) is 0. The maximum atomic E-state index is 5.15. The van der Waals surface area contributed by atoms with Crippen molar-refractivity contribution in [1.82, 2.24) is 0 Å². The number of hydrogen-bond acceptors (Lipinski definition) is 1. The average molecular weight is 179 g/mol. The Balaban J connectivity index is 3.39. The Bertz CT molecular complexity index is 81.0. The van der Waals surface area contributed by atoms with Gasteiger partial charge in [0.2, 0.25) is 0 Å². The van der Waals surface area contributed by atoms with Gasteiger partial charge in [0, 0.05) is 4.99 Å². The molecule has 0 unspecified atom stereocenters. The fourth-order valence-electron chi connectivity index (χ4n) is 0.230. The monoisotopic (exact) mass is 178 g/mol. The minimum absolute atomic E-state index is 0.0652. The van der Waals surface area contributed by atoms with E-state index in [1.165, 1.54) is 0 Å². The zero-order chi connectivity index (χ0) is 6.62. The van der Waals surface area contributed by atoms with Crippen LogP contribution in [-0.4, -0.2) is 5.60 Å². The zero-order valence-electron chi connectivity index (χ0n) is 5.44. The van der Waals surface area contributed by atoms with Crippen LogP contribution in [-0.2, 0) is 4.74 Å².